The van der Waals surface area contributed by atoms with Crippen LogP contribution < -0.4 is 0 Å². The zero-order valence-corrected chi connectivity index (χ0v) is 16.6. The van der Waals surface area contributed by atoms with Crippen molar-refractivity contribution in [1.82, 2.24) is 24.6 Å². The van der Waals surface area contributed by atoms with Gasteiger partial charge in [0.15, 0.2) is 0 Å². The van der Waals surface area contributed by atoms with Gasteiger partial charge in [-0.25, -0.2) is 0 Å². The molecule has 4 heterocycles. The van der Waals surface area contributed by atoms with Crippen LogP contribution in [0.3, 0.4) is 0 Å². The van der Waals surface area contributed by atoms with Gasteiger partial charge in [0.05, 0.1) is 12.1 Å². The molecule has 0 N–H and O–H groups in total. The molecule has 0 saturated carbocycles. The van der Waals surface area contributed by atoms with Gasteiger partial charge in [0.2, 0.25) is 0 Å². The molecule has 2 aromatic rings. The number of furan rings is 1. The Labute approximate surface area is 160 Å². The molecule has 0 unspecified atom stereocenters. The molecule has 27 heavy (non-hydrogen) atoms. The summed E-state index contributed by atoms with van der Waals surface area (Å²) in [6, 6.07) is 1.84. The number of aryl methyl sites for hydroxylation is 2. The fourth-order valence-corrected chi connectivity index (χ4v) is 4.36. The van der Waals surface area contributed by atoms with Crippen LogP contribution in [0.4, 0.5) is 0 Å². The Morgan fingerprint density at radius 3 is 2.48 bits per heavy atom. The van der Waals surface area contributed by atoms with E-state index < -0.39 is 0 Å². The molecular formula is C20H29N5O2. The lowest BCUT2D eigenvalue weighted by Crippen LogP contribution is -2.38. The molecule has 0 radical (unpaired) electrons. The highest BCUT2D eigenvalue weighted by Crippen LogP contribution is 2.28. The monoisotopic (exact) mass is 371 g/mol. The third-order valence-corrected chi connectivity index (χ3v) is 5.98. The van der Waals surface area contributed by atoms with Gasteiger partial charge in [0.25, 0.3) is 5.91 Å². The minimum atomic E-state index is 0.0792. The number of piperidine rings is 1. The molecule has 2 fully saturated rings. The maximum atomic E-state index is 12.8. The average Bonchev–Trinajstić information content (AvgIpc) is 3.37. The standard InChI is InChI=1S/C20H29N5O2/c1-14-12-17(15(2)27-14)20(26)25-10-6-16(7-11-25)19-22-21-18(23(19)3)13-24-8-4-5-9-24/h12,16H,4-11,13H2,1-3H3. The molecule has 0 spiro atoms. The van der Waals surface area contributed by atoms with Crippen molar-refractivity contribution in [1.29, 1.82) is 0 Å². The molecule has 2 aliphatic heterocycles. The summed E-state index contributed by atoms with van der Waals surface area (Å²) >= 11 is 0. The van der Waals surface area contributed by atoms with Crippen molar-refractivity contribution in [2.75, 3.05) is 26.2 Å². The molecule has 0 atom stereocenters. The van der Waals surface area contributed by atoms with Crippen molar-refractivity contribution >= 4 is 5.91 Å². The van der Waals surface area contributed by atoms with Crippen molar-refractivity contribution < 1.29 is 9.21 Å². The average molecular weight is 371 g/mol. The molecule has 0 aromatic carbocycles. The second kappa shape index (κ2) is 7.46. The number of amides is 1. The maximum Gasteiger partial charge on any atom is 0.257 e. The third kappa shape index (κ3) is 3.65. The number of aromatic nitrogens is 3. The number of carbonyl (C=O) groups excluding carboxylic acids is 1. The highest BCUT2D eigenvalue weighted by atomic mass is 16.3. The molecule has 0 aliphatic carbocycles. The quantitative estimate of drug-likeness (QED) is 0.826. The first-order chi connectivity index (χ1) is 13.0. The highest BCUT2D eigenvalue weighted by Gasteiger charge is 2.29. The summed E-state index contributed by atoms with van der Waals surface area (Å²) in [6.45, 7) is 8.45. The third-order valence-electron chi connectivity index (χ3n) is 5.98. The van der Waals surface area contributed by atoms with Crippen molar-refractivity contribution in [2.45, 2.75) is 52.0 Å². The summed E-state index contributed by atoms with van der Waals surface area (Å²) < 4.78 is 7.69. The van der Waals surface area contributed by atoms with Crippen LogP contribution >= 0.6 is 0 Å². The van der Waals surface area contributed by atoms with Gasteiger partial charge in [-0.2, -0.15) is 0 Å². The van der Waals surface area contributed by atoms with Crippen LogP contribution in [-0.4, -0.2) is 56.7 Å². The van der Waals surface area contributed by atoms with Crippen LogP contribution in [0.2, 0.25) is 0 Å². The van der Waals surface area contributed by atoms with Crippen molar-refractivity contribution in [3.8, 4) is 0 Å². The van der Waals surface area contributed by atoms with Gasteiger partial charge in [-0.05, 0) is 58.7 Å². The van der Waals surface area contributed by atoms with E-state index in [4.69, 9.17) is 4.42 Å². The Hall–Kier alpha value is -2.15. The molecule has 4 rings (SSSR count). The molecule has 0 bridgehead atoms. The molecule has 146 valence electrons. The first-order valence-corrected chi connectivity index (χ1v) is 9.99. The van der Waals surface area contributed by atoms with Gasteiger partial charge in [0.1, 0.15) is 23.2 Å². The van der Waals surface area contributed by atoms with E-state index in [-0.39, 0.29) is 5.91 Å². The summed E-state index contributed by atoms with van der Waals surface area (Å²) in [4.78, 5) is 17.2. The first-order valence-electron chi connectivity index (χ1n) is 9.99. The summed E-state index contributed by atoms with van der Waals surface area (Å²) in [6.07, 6.45) is 4.42. The van der Waals surface area contributed by atoms with Crippen LogP contribution in [0.25, 0.3) is 0 Å². The molecule has 2 saturated heterocycles. The lowest BCUT2D eigenvalue weighted by atomic mass is 9.95. The van der Waals surface area contributed by atoms with E-state index in [1.54, 1.807) is 0 Å². The number of rotatable bonds is 4. The topological polar surface area (TPSA) is 67.4 Å². The lowest BCUT2D eigenvalue weighted by molar-refractivity contribution is 0.0708. The van der Waals surface area contributed by atoms with Gasteiger partial charge in [-0.1, -0.05) is 0 Å². The van der Waals surface area contributed by atoms with Gasteiger partial charge in [-0.3, -0.25) is 9.69 Å². The summed E-state index contributed by atoms with van der Waals surface area (Å²) in [5.41, 5.74) is 0.692. The lowest BCUT2D eigenvalue weighted by Gasteiger charge is -2.31. The molecule has 7 heteroatoms. The maximum absolute atomic E-state index is 12.8. The number of likely N-dealkylation sites (tertiary alicyclic amines) is 2. The summed E-state index contributed by atoms with van der Waals surface area (Å²) in [5, 5.41) is 8.94. The van der Waals surface area contributed by atoms with Crippen LogP contribution in [-0.2, 0) is 13.6 Å². The van der Waals surface area contributed by atoms with E-state index in [0.717, 1.165) is 63.0 Å². The molecule has 2 aliphatic rings. The van der Waals surface area contributed by atoms with E-state index in [9.17, 15) is 4.79 Å². The van der Waals surface area contributed by atoms with Gasteiger partial charge < -0.3 is 13.9 Å². The zero-order chi connectivity index (χ0) is 19.0. The minimum Gasteiger partial charge on any atom is -0.466 e. The van der Waals surface area contributed by atoms with E-state index >= 15 is 0 Å². The molecule has 7 nitrogen and oxygen atoms in total. The predicted molar refractivity (Wildman–Crippen MR) is 102 cm³/mol. The van der Waals surface area contributed by atoms with Crippen molar-refractivity contribution in [3.05, 3.63) is 34.8 Å². The molecule has 2 aromatic heterocycles. The number of carbonyl (C=O) groups is 1. The predicted octanol–water partition coefficient (Wildman–Crippen LogP) is 2.64. The molecule has 1 amide bonds. The smallest absolute Gasteiger partial charge is 0.257 e. The Morgan fingerprint density at radius 1 is 1.15 bits per heavy atom. The van der Waals surface area contributed by atoms with Crippen LogP contribution in [0.5, 0.6) is 0 Å². The summed E-state index contributed by atoms with van der Waals surface area (Å²) in [5.74, 6) is 4.05. The summed E-state index contributed by atoms with van der Waals surface area (Å²) in [7, 11) is 2.08. The minimum absolute atomic E-state index is 0.0792. The normalized spacial score (nSPS) is 19.1. The fraction of sp³-hybridized carbons (Fsp3) is 0.650. The van der Waals surface area contributed by atoms with E-state index in [1.807, 2.05) is 24.8 Å². The van der Waals surface area contributed by atoms with E-state index in [1.165, 1.54) is 12.8 Å². The van der Waals surface area contributed by atoms with Gasteiger partial charge in [-0.15, -0.1) is 10.2 Å². The van der Waals surface area contributed by atoms with Crippen LogP contribution in [0.15, 0.2) is 10.5 Å². The zero-order valence-electron chi connectivity index (χ0n) is 16.6. The Bertz CT molecular complexity index is 810. The SMILES string of the molecule is Cc1cc(C(=O)N2CCC(c3nnc(CN4CCCC4)n3C)CC2)c(C)o1. The van der Waals surface area contributed by atoms with Gasteiger partial charge in [0, 0.05) is 26.1 Å². The Morgan fingerprint density at radius 2 is 1.85 bits per heavy atom. The van der Waals surface area contributed by atoms with E-state index in [0.29, 0.717) is 17.2 Å². The fourth-order valence-electron chi connectivity index (χ4n) is 4.36. The van der Waals surface area contributed by atoms with Gasteiger partial charge >= 0.3 is 0 Å². The first kappa shape index (κ1) is 18.2. The largest absolute Gasteiger partial charge is 0.466 e. The van der Waals surface area contributed by atoms with E-state index in [2.05, 4.69) is 26.7 Å². The highest BCUT2D eigenvalue weighted by molar-refractivity contribution is 5.95. The second-order valence-corrected chi connectivity index (χ2v) is 7.91. The number of hydrogen-bond acceptors (Lipinski definition) is 5. The van der Waals surface area contributed by atoms with Crippen molar-refractivity contribution in [3.63, 3.8) is 0 Å². The molecular weight excluding hydrogens is 342 g/mol. The second-order valence-electron chi connectivity index (χ2n) is 7.91. The van der Waals surface area contributed by atoms with Crippen LogP contribution in [0, 0.1) is 13.8 Å². The number of nitrogens with zero attached hydrogens (tertiary/aromatic N) is 5. The number of hydrogen-bond donors (Lipinski definition) is 0. The van der Waals surface area contributed by atoms with Crippen LogP contribution in [0.1, 0.15) is 65.1 Å². The Balaban J connectivity index is 1.38. The Kier molecular flexibility index (Phi) is 5.04. The van der Waals surface area contributed by atoms with Crippen molar-refractivity contribution in [2.24, 2.45) is 7.05 Å².